The number of urea groups is 1. The van der Waals surface area contributed by atoms with Crippen molar-refractivity contribution in [3.05, 3.63) is 91.6 Å². The molecule has 1 heterocycles. The first-order valence-corrected chi connectivity index (χ1v) is 11.5. The van der Waals surface area contributed by atoms with Gasteiger partial charge in [0.25, 0.3) is 5.91 Å². The molecule has 6 nitrogen and oxygen atoms in total. The zero-order chi connectivity index (χ0) is 22.7. The van der Waals surface area contributed by atoms with Crippen LogP contribution in [0.15, 0.2) is 76.9 Å². The molecule has 1 aliphatic rings. The summed E-state index contributed by atoms with van der Waals surface area (Å²) in [6, 6.07) is 19.8. The number of anilines is 1. The van der Waals surface area contributed by atoms with Crippen molar-refractivity contribution in [2.24, 2.45) is 0 Å². The van der Waals surface area contributed by atoms with Crippen LogP contribution in [0.3, 0.4) is 0 Å². The highest BCUT2D eigenvalue weighted by atomic mass is 127. The molecule has 1 fully saturated rings. The number of hydrogen-bond donors (Lipinski definition) is 1. The van der Waals surface area contributed by atoms with Gasteiger partial charge in [0.2, 0.25) is 0 Å². The van der Waals surface area contributed by atoms with Crippen molar-refractivity contribution >= 4 is 62.2 Å². The van der Waals surface area contributed by atoms with E-state index in [0.29, 0.717) is 29.4 Å². The van der Waals surface area contributed by atoms with Crippen molar-refractivity contribution in [3.8, 4) is 11.5 Å². The molecule has 1 N–H and O–H groups in total. The first kappa shape index (κ1) is 22.3. The van der Waals surface area contributed by atoms with Crippen LogP contribution in [0, 0.1) is 3.57 Å². The molecule has 1 saturated heterocycles. The topological polar surface area (TPSA) is 67.9 Å². The lowest BCUT2D eigenvalue weighted by molar-refractivity contribution is -0.113. The molecular formula is C24H18BrIN2O4. The van der Waals surface area contributed by atoms with E-state index in [1.807, 2.05) is 36.4 Å². The maximum absolute atomic E-state index is 12.8. The highest BCUT2D eigenvalue weighted by molar-refractivity contribution is 14.1. The molecule has 3 amide bonds. The Labute approximate surface area is 207 Å². The highest BCUT2D eigenvalue weighted by Gasteiger charge is 2.34. The molecule has 4 rings (SSSR count). The lowest BCUT2D eigenvalue weighted by atomic mass is 10.1. The third-order valence-corrected chi connectivity index (χ3v) is 6.08. The fourth-order valence-corrected chi connectivity index (χ4v) is 4.26. The maximum Gasteiger partial charge on any atom is 0.333 e. The van der Waals surface area contributed by atoms with E-state index in [1.165, 1.54) is 0 Å². The van der Waals surface area contributed by atoms with Crippen LogP contribution < -0.4 is 19.7 Å². The molecule has 3 aromatic carbocycles. The smallest absolute Gasteiger partial charge is 0.333 e. The van der Waals surface area contributed by atoms with E-state index >= 15 is 0 Å². The van der Waals surface area contributed by atoms with Gasteiger partial charge in [-0.1, -0.05) is 46.3 Å². The summed E-state index contributed by atoms with van der Waals surface area (Å²) < 4.78 is 13.4. The van der Waals surface area contributed by atoms with Crippen molar-refractivity contribution in [1.82, 2.24) is 5.32 Å². The standard InChI is InChI=1S/C24H18BrIN2O4/c1-31-21-13-16(11-19(26)22(21)32-14-15-7-9-17(25)10-8-15)12-20-23(29)28(24(30)27-20)18-5-3-2-4-6-18/h2-13H,14H2,1H3,(H,27,30)/b20-12+. The minimum absolute atomic E-state index is 0.195. The predicted molar refractivity (Wildman–Crippen MR) is 135 cm³/mol. The number of halogens is 2. The summed E-state index contributed by atoms with van der Waals surface area (Å²) in [6.45, 7) is 0.390. The molecule has 0 saturated carbocycles. The molecule has 1 aliphatic heterocycles. The van der Waals surface area contributed by atoms with Crippen LogP contribution >= 0.6 is 38.5 Å². The van der Waals surface area contributed by atoms with Gasteiger partial charge in [-0.25, -0.2) is 9.69 Å². The molecular weight excluding hydrogens is 587 g/mol. The van der Waals surface area contributed by atoms with Crippen LogP contribution in [0.1, 0.15) is 11.1 Å². The van der Waals surface area contributed by atoms with Crippen LogP contribution in [-0.4, -0.2) is 19.0 Å². The number of carbonyl (C=O) groups excluding carboxylic acids is 2. The van der Waals surface area contributed by atoms with Gasteiger partial charge in [-0.05, 0) is 76.2 Å². The zero-order valence-electron chi connectivity index (χ0n) is 17.0. The first-order valence-electron chi connectivity index (χ1n) is 9.63. The number of para-hydroxylation sites is 1. The van der Waals surface area contributed by atoms with Crippen LogP contribution in [0.2, 0.25) is 0 Å². The number of hydrogen-bond acceptors (Lipinski definition) is 4. The van der Waals surface area contributed by atoms with Crippen LogP contribution in [-0.2, 0) is 11.4 Å². The summed E-state index contributed by atoms with van der Waals surface area (Å²) in [5.74, 6) is 0.745. The van der Waals surface area contributed by atoms with Crippen molar-refractivity contribution in [2.45, 2.75) is 6.61 Å². The molecule has 0 spiro atoms. The fourth-order valence-electron chi connectivity index (χ4n) is 3.21. The number of carbonyl (C=O) groups is 2. The monoisotopic (exact) mass is 604 g/mol. The summed E-state index contributed by atoms with van der Waals surface area (Å²) in [5, 5.41) is 2.64. The third-order valence-electron chi connectivity index (χ3n) is 4.75. The molecule has 0 aliphatic carbocycles. The normalized spacial score (nSPS) is 14.6. The second-order valence-corrected chi connectivity index (χ2v) is 8.99. The number of nitrogens with zero attached hydrogens (tertiary/aromatic N) is 1. The van der Waals surface area contributed by atoms with Crippen LogP contribution in [0.4, 0.5) is 10.5 Å². The Kier molecular flexibility index (Phi) is 6.80. The van der Waals surface area contributed by atoms with Gasteiger partial charge in [0.15, 0.2) is 11.5 Å². The van der Waals surface area contributed by atoms with Gasteiger partial charge in [0.1, 0.15) is 12.3 Å². The Morgan fingerprint density at radius 3 is 2.47 bits per heavy atom. The molecule has 162 valence electrons. The van der Waals surface area contributed by atoms with E-state index in [4.69, 9.17) is 9.47 Å². The van der Waals surface area contributed by atoms with Crippen molar-refractivity contribution in [3.63, 3.8) is 0 Å². The van der Waals surface area contributed by atoms with E-state index in [0.717, 1.165) is 18.5 Å². The maximum atomic E-state index is 12.8. The predicted octanol–water partition coefficient (Wildman–Crippen LogP) is 5.74. The SMILES string of the molecule is COc1cc(/C=C2/NC(=O)N(c3ccccc3)C2=O)cc(I)c1OCc1ccc(Br)cc1. The Hall–Kier alpha value is -2.85. The van der Waals surface area contributed by atoms with Crippen molar-refractivity contribution in [2.75, 3.05) is 12.0 Å². The summed E-state index contributed by atoms with van der Waals surface area (Å²) in [4.78, 5) is 26.3. The van der Waals surface area contributed by atoms with E-state index in [9.17, 15) is 9.59 Å². The van der Waals surface area contributed by atoms with Gasteiger partial charge < -0.3 is 14.8 Å². The van der Waals surface area contributed by atoms with Crippen LogP contribution in [0.5, 0.6) is 11.5 Å². The summed E-state index contributed by atoms with van der Waals surface area (Å²) in [6.07, 6.45) is 1.63. The highest BCUT2D eigenvalue weighted by Crippen LogP contribution is 2.35. The van der Waals surface area contributed by atoms with E-state index in [2.05, 4.69) is 43.8 Å². The van der Waals surface area contributed by atoms with Gasteiger partial charge >= 0.3 is 6.03 Å². The van der Waals surface area contributed by atoms with Gasteiger partial charge in [0, 0.05) is 4.47 Å². The van der Waals surface area contributed by atoms with E-state index in [1.54, 1.807) is 43.5 Å². The number of rotatable bonds is 6. The molecule has 0 atom stereocenters. The molecule has 0 unspecified atom stereocenters. The number of amides is 3. The average Bonchev–Trinajstić information content (AvgIpc) is 3.07. The number of nitrogens with one attached hydrogen (secondary N) is 1. The molecule has 8 heteroatoms. The number of ether oxygens (including phenoxy) is 2. The Bertz CT molecular complexity index is 1200. The van der Waals surface area contributed by atoms with Gasteiger partial charge in [-0.15, -0.1) is 0 Å². The van der Waals surface area contributed by atoms with Crippen molar-refractivity contribution in [1.29, 1.82) is 0 Å². The largest absolute Gasteiger partial charge is 0.493 e. The van der Waals surface area contributed by atoms with E-state index in [-0.39, 0.29) is 5.70 Å². The summed E-state index contributed by atoms with van der Waals surface area (Å²) in [5.41, 5.74) is 2.45. The summed E-state index contributed by atoms with van der Waals surface area (Å²) >= 11 is 5.59. The molecule has 0 radical (unpaired) electrons. The molecule has 0 bridgehead atoms. The molecule has 3 aromatic rings. The number of methoxy groups -OCH3 is 1. The van der Waals surface area contributed by atoms with E-state index < -0.39 is 11.9 Å². The third kappa shape index (κ3) is 4.81. The molecule has 0 aromatic heterocycles. The molecule has 32 heavy (non-hydrogen) atoms. The lowest BCUT2D eigenvalue weighted by Crippen LogP contribution is -2.30. The summed E-state index contributed by atoms with van der Waals surface area (Å²) in [7, 11) is 1.56. The first-order chi connectivity index (χ1) is 15.5. The average molecular weight is 605 g/mol. The second kappa shape index (κ2) is 9.74. The number of benzene rings is 3. The van der Waals surface area contributed by atoms with Gasteiger partial charge in [-0.3, -0.25) is 4.79 Å². The second-order valence-electron chi connectivity index (χ2n) is 6.91. The Morgan fingerprint density at radius 2 is 1.78 bits per heavy atom. The Balaban J connectivity index is 1.57. The van der Waals surface area contributed by atoms with Crippen molar-refractivity contribution < 1.29 is 19.1 Å². The van der Waals surface area contributed by atoms with Crippen LogP contribution in [0.25, 0.3) is 6.08 Å². The number of imide groups is 1. The fraction of sp³-hybridized carbons (Fsp3) is 0.0833. The zero-order valence-corrected chi connectivity index (χ0v) is 20.7. The Morgan fingerprint density at radius 1 is 1.06 bits per heavy atom. The minimum Gasteiger partial charge on any atom is -0.493 e. The van der Waals surface area contributed by atoms with Gasteiger partial charge in [-0.2, -0.15) is 0 Å². The lowest BCUT2D eigenvalue weighted by Gasteiger charge is -2.14. The quantitative estimate of drug-likeness (QED) is 0.221. The van der Waals surface area contributed by atoms with Gasteiger partial charge in [0.05, 0.1) is 16.4 Å². The minimum atomic E-state index is -0.483.